The van der Waals surface area contributed by atoms with Crippen LogP contribution in [0, 0.1) is 26.7 Å². The second-order valence-corrected chi connectivity index (χ2v) is 8.04. The number of carbonyl (C=O) groups is 2. The number of rotatable bonds is 5. The molecule has 0 unspecified atom stereocenters. The molecule has 1 saturated carbocycles. The summed E-state index contributed by atoms with van der Waals surface area (Å²) in [5.74, 6) is 1.68. The standard InChI is InChI=1S/C21H29N5O3/c1-12-18(13(2)29-25-12)20(27)23-10-15-6-8-16(9-7-15)19-17(21(28)26(4)5)11-22-14(3)24-19/h11,15-16H,6-10H2,1-5H3,(H,23,27). The molecule has 3 rings (SSSR count). The first kappa shape index (κ1) is 21.0. The smallest absolute Gasteiger partial charge is 0.256 e. The van der Waals surface area contributed by atoms with Crippen LogP contribution in [0.1, 0.15) is 75.3 Å². The van der Waals surface area contributed by atoms with E-state index in [9.17, 15) is 9.59 Å². The second-order valence-electron chi connectivity index (χ2n) is 8.04. The zero-order valence-corrected chi connectivity index (χ0v) is 17.8. The van der Waals surface area contributed by atoms with Crippen LogP contribution in [0.3, 0.4) is 0 Å². The number of amides is 2. The number of nitrogens with zero attached hydrogens (tertiary/aromatic N) is 4. The monoisotopic (exact) mass is 399 g/mol. The average molecular weight is 399 g/mol. The van der Waals surface area contributed by atoms with Gasteiger partial charge in [0, 0.05) is 32.8 Å². The molecule has 1 aliphatic carbocycles. The first-order valence-electron chi connectivity index (χ1n) is 10.0. The van der Waals surface area contributed by atoms with Crippen LogP contribution in [0.4, 0.5) is 0 Å². The summed E-state index contributed by atoms with van der Waals surface area (Å²) in [6, 6.07) is 0. The van der Waals surface area contributed by atoms with Gasteiger partial charge in [0.15, 0.2) is 0 Å². The maximum atomic E-state index is 12.5. The topological polar surface area (TPSA) is 101 Å². The molecule has 0 spiro atoms. The maximum Gasteiger partial charge on any atom is 0.256 e. The van der Waals surface area contributed by atoms with Crippen molar-refractivity contribution in [3.8, 4) is 0 Å². The van der Waals surface area contributed by atoms with Gasteiger partial charge in [-0.1, -0.05) is 5.16 Å². The minimum Gasteiger partial charge on any atom is -0.361 e. The molecule has 2 aromatic rings. The van der Waals surface area contributed by atoms with Gasteiger partial charge >= 0.3 is 0 Å². The van der Waals surface area contributed by atoms with Crippen molar-refractivity contribution in [1.82, 2.24) is 25.3 Å². The Hall–Kier alpha value is -2.77. The van der Waals surface area contributed by atoms with E-state index in [-0.39, 0.29) is 17.7 Å². The van der Waals surface area contributed by atoms with E-state index in [1.807, 2.05) is 6.92 Å². The van der Waals surface area contributed by atoms with E-state index in [0.717, 1.165) is 31.4 Å². The van der Waals surface area contributed by atoms with Crippen molar-refractivity contribution in [2.45, 2.75) is 52.4 Å². The van der Waals surface area contributed by atoms with Crippen molar-refractivity contribution in [1.29, 1.82) is 0 Å². The predicted octanol–water partition coefficient (Wildman–Crippen LogP) is 2.80. The molecule has 2 heterocycles. The number of nitrogens with one attached hydrogen (secondary N) is 1. The van der Waals surface area contributed by atoms with Gasteiger partial charge in [-0.05, 0) is 52.4 Å². The van der Waals surface area contributed by atoms with Crippen LogP contribution in [0.2, 0.25) is 0 Å². The van der Waals surface area contributed by atoms with E-state index in [1.54, 1.807) is 39.0 Å². The molecule has 0 aromatic carbocycles. The number of hydrogen-bond acceptors (Lipinski definition) is 6. The molecule has 2 amide bonds. The highest BCUT2D eigenvalue weighted by molar-refractivity contribution is 5.96. The fourth-order valence-corrected chi connectivity index (χ4v) is 3.98. The highest BCUT2D eigenvalue weighted by atomic mass is 16.5. The SMILES string of the molecule is Cc1ncc(C(=O)N(C)C)c(C2CCC(CNC(=O)c3c(C)noc3C)CC2)n1. The Morgan fingerprint density at radius 2 is 1.86 bits per heavy atom. The summed E-state index contributed by atoms with van der Waals surface area (Å²) in [5.41, 5.74) is 2.59. The van der Waals surface area contributed by atoms with E-state index >= 15 is 0 Å². The highest BCUT2D eigenvalue weighted by Crippen LogP contribution is 2.36. The Labute approximate surface area is 171 Å². The molecule has 1 aliphatic rings. The Kier molecular flexibility index (Phi) is 6.30. The van der Waals surface area contributed by atoms with Gasteiger partial charge in [-0.3, -0.25) is 9.59 Å². The Balaban J connectivity index is 1.60. The Morgan fingerprint density at radius 3 is 2.45 bits per heavy atom. The molecule has 0 atom stereocenters. The van der Waals surface area contributed by atoms with Gasteiger partial charge in [0.1, 0.15) is 17.1 Å². The largest absolute Gasteiger partial charge is 0.361 e. The molecule has 2 aromatic heterocycles. The lowest BCUT2D eigenvalue weighted by Crippen LogP contribution is -2.32. The zero-order valence-electron chi connectivity index (χ0n) is 17.8. The van der Waals surface area contributed by atoms with E-state index < -0.39 is 0 Å². The van der Waals surface area contributed by atoms with Gasteiger partial charge in [0.2, 0.25) is 0 Å². The molecule has 0 aliphatic heterocycles. The summed E-state index contributed by atoms with van der Waals surface area (Å²) in [4.78, 5) is 35.3. The average Bonchev–Trinajstić information content (AvgIpc) is 3.04. The summed E-state index contributed by atoms with van der Waals surface area (Å²) in [7, 11) is 3.48. The van der Waals surface area contributed by atoms with Crippen LogP contribution in [0.15, 0.2) is 10.7 Å². The maximum absolute atomic E-state index is 12.5. The number of carbonyl (C=O) groups excluding carboxylic acids is 2. The lowest BCUT2D eigenvalue weighted by molar-refractivity contribution is 0.0823. The number of aryl methyl sites for hydroxylation is 3. The normalized spacial score (nSPS) is 19.1. The first-order valence-corrected chi connectivity index (χ1v) is 10.0. The van der Waals surface area contributed by atoms with Crippen molar-refractivity contribution < 1.29 is 14.1 Å². The minimum absolute atomic E-state index is 0.0613. The third kappa shape index (κ3) is 4.63. The lowest BCUT2D eigenvalue weighted by atomic mass is 9.79. The molecule has 0 saturated heterocycles. The molecular formula is C21H29N5O3. The Bertz CT molecular complexity index is 878. The molecule has 0 radical (unpaired) electrons. The molecule has 1 N–H and O–H groups in total. The van der Waals surface area contributed by atoms with Crippen molar-refractivity contribution >= 4 is 11.8 Å². The first-order chi connectivity index (χ1) is 13.8. The van der Waals surface area contributed by atoms with Crippen molar-refractivity contribution in [3.63, 3.8) is 0 Å². The molecular weight excluding hydrogens is 370 g/mol. The van der Waals surface area contributed by atoms with E-state index in [1.165, 1.54) is 0 Å². The summed E-state index contributed by atoms with van der Waals surface area (Å²) in [5, 5.41) is 6.86. The van der Waals surface area contributed by atoms with Crippen LogP contribution in [-0.2, 0) is 0 Å². The number of aromatic nitrogens is 3. The molecule has 156 valence electrons. The number of hydrogen-bond donors (Lipinski definition) is 1. The van der Waals surface area contributed by atoms with E-state index in [0.29, 0.717) is 40.9 Å². The van der Waals surface area contributed by atoms with Gasteiger partial charge in [-0.25, -0.2) is 9.97 Å². The molecule has 1 fully saturated rings. The molecule has 0 bridgehead atoms. The molecule has 29 heavy (non-hydrogen) atoms. The van der Waals surface area contributed by atoms with Gasteiger partial charge in [0.05, 0.1) is 17.0 Å². The van der Waals surface area contributed by atoms with E-state index in [2.05, 4.69) is 20.4 Å². The van der Waals surface area contributed by atoms with Crippen molar-refractivity contribution in [2.75, 3.05) is 20.6 Å². The van der Waals surface area contributed by atoms with Gasteiger partial charge in [0.25, 0.3) is 11.8 Å². The van der Waals surface area contributed by atoms with Gasteiger partial charge < -0.3 is 14.7 Å². The zero-order chi connectivity index (χ0) is 21.1. The quantitative estimate of drug-likeness (QED) is 0.830. The predicted molar refractivity (Wildman–Crippen MR) is 108 cm³/mol. The third-order valence-electron chi connectivity index (χ3n) is 5.62. The van der Waals surface area contributed by atoms with E-state index in [4.69, 9.17) is 4.52 Å². The Morgan fingerprint density at radius 1 is 1.17 bits per heavy atom. The van der Waals surface area contributed by atoms with Crippen LogP contribution in [-0.4, -0.2) is 52.5 Å². The summed E-state index contributed by atoms with van der Waals surface area (Å²) in [6.07, 6.45) is 5.48. The van der Waals surface area contributed by atoms with Crippen LogP contribution in [0.5, 0.6) is 0 Å². The fourth-order valence-electron chi connectivity index (χ4n) is 3.98. The van der Waals surface area contributed by atoms with Crippen molar-refractivity contribution in [3.05, 3.63) is 40.3 Å². The summed E-state index contributed by atoms with van der Waals surface area (Å²) < 4.78 is 5.07. The van der Waals surface area contributed by atoms with Crippen LogP contribution >= 0.6 is 0 Å². The van der Waals surface area contributed by atoms with Gasteiger partial charge in [-0.2, -0.15) is 0 Å². The minimum atomic E-state index is -0.131. The van der Waals surface area contributed by atoms with Crippen molar-refractivity contribution in [2.24, 2.45) is 5.92 Å². The lowest BCUT2D eigenvalue weighted by Gasteiger charge is -2.29. The fraction of sp³-hybridized carbons (Fsp3) is 0.571. The third-order valence-corrected chi connectivity index (χ3v) is 5.62. The van der Waals surface area contributed by atoms with Crippen LogP contribution in [0.25, 0.3) is 0 Å². The summed E-state index contributed by atoms with van der Waals surface area (Å²) >= 11 is 0. The van der Waals surface area contributed by atoms with Gasteiger partial charge in [-0.15, -0.1) is 0 Å². The van der Waals surface area contributed by atoms with Crippen LogP contribution < -0.4 is 5.32 Å². The second kappa shape index (κ2) is 8.71. The molecule has 8 nitrogen and oxygen atoms in total. The highest BCUT2D eigenvalue weighted by Gasteiger charge is 2.28. The molecule has 8 heteroatoms. The summed E-state index contributed by atoms with van der Waals surface area (Å²) in [6.45, 7) is 5.99.